The Balaban J connectivity index is 1.79. The van der Waals surface area contributed by atoms with E-state index in [-0.39, 0.29) is 22.3 Å². The third-order valence-corrected chi connectivity index (χ3v) is 6.89. The summed E-state index contributed by atoms with van der Waals surface area (Å²) in [5.74, 6) is -0.454. The number of anilines is 2. The van der Waals surface area contributed by atoms with Gasteiger partial charge in [-0.25, -0.2) is 17.8 Å². The normalized spacial score (nSPS) is 16.6. The number of hydrogen-bond donors (Lipinski definition) is 2. The van der Waals surface area contributed by atoms with Crippen molar-refractivity contribution >= 4 is 44.7 Å². The van der Waals surface area contributed by atoms with Crippen molar-refractivity contribution in [2.24, 2.45) is 0 Å². The number of likely N-dealkylation sites (tertiary alicyclic amines) is 1. The van der Waals surface area contributed by atoms with Gasteiger partial charge < -0.3 is 10.2 Å². The lowest BCUT2D eigenvalue weighted by molar-refractivity contribution is 0.0606. The number of sulfonamides is 1. The van der Waals surface area contributed by atoms with E-state index in [1.54, 1.807) is 9.42 Å². The number of hydrogen-bond acceptors (Lipinski definition) is 6. The third-order valence-electron chi connectivity index (χ3n) is 6.02. The highest BCUT2D eigenvalue weighted by Gasteiger charge is 2.33. The Morgan fingerprint density at radius 2 is 1.97 bits per heavy atom. The second-order valence-corrected chi connectivity index (χ2v) is 10.6. The Kier molecular flexibility index (Phi) is 6.43. The van der Waals surface area contributed by atoms with Gasteiger partial charge in [0.25, 0.3) is 5.91 Å². The summed E-state index contributed by atoms with van der Waals surface area (Å²) in [6, 6.07) is 3.43. The average molecular weight is 509 g/mol. The lowest BCUT2D eigenvalue weighted by atomic mass is 9.98. The van der Waals surface area contributed by atoms with E-state index < -0.39 is 21.7 Å². The van der Waals surface area contributed by atoms with Gasteiger partial charge in [-0.2, -0.15) is 9.61 Å². The fourth-order valence-electron chi connectivity index (χ4n) is 4.34. The third kappa shape index (κ3) is 4.54. The number of aromatic nitrogens is 3. The van der Waals surface area contributed by atoms with Crippen LogP contribution in [0.5, 0.6) is 0 Å². The first-order chi connectivity index (χ1) is 16.0. The number of carbonyl (C=O) groups is 1. The number of benzene rings is 1. The lowest BCUT2D eigenvalue weighted by Crippen LogP contribution is -2.39. The van der Waals surface area contributed by atoms with E-state index in [9.17, 15) is 17.6 Å². The largest absolute Gasteiger partial charge is 0.373 e. The van der Waals surface area contributed by atoms with Crippen LogP contribution in [0, 0.1) is 19.7 Å². The molecule has 182 valence electrons. The van der Waals surface area contributed by atoms with Crippen molar-refractivity contribution in [1.29, 1.82) is 0 Å². The van der Waals surface area contributed by atoms with Gasteiger partial charge in [-0.3, -0.25) is 9.52 Å². The van der Waals surface area contributed by atoms with Crippen LogP contribution in [0.25, 0.3) is 5.65 Å². The van der Waals surface area contributed by atoms with Gasteiger partial charge in [0.05, 0.1) is 34.3 Å². The number of rotatable bonds is 5. The zero-order valence-electron chi connectivity index (χ0n) is 19.3. The maximum atomic E-state index is 14.2. The van der Waals surface area contributed by atoms with Gasteiger partial charge in [-0.15, -0.1) is 0 Å². The summed E-state index contributed by atoms with van der Waals surface area (Å²) >= 11 is 6.12. The van der Waals surface area contributed by atoms with E-state index in [4.69, 9.17) is 16.7 Å². The second-order valence-electron chi connectivity index (χ2n) is 8.45. The van der Waals surface area contributed by atoms with Crippen molar-refractivity contribution in [2.45, 2.75) is 39.2 Å². The number of amides is 1. The fraction of sp³-hybridized carbons (Fsp3) is 0.409. The molecule has 1 aromatic carbocycles. The molecule has 2 N–H and O–H groups in total. The van der Waals surface area contributed by atoms with Gasteiger partial charge in [-0.1, -0.05) is 11.6 Å². The van der Waals surface area contributed by atoms with Crippen molar-refractivity contribution in [2.75, 3.05) is 29.9 Å². The molecule has 2 aromatic heterocycles. The molecule has 0 aliphatic carbocycles. The predicted molar refractivity (Wildman–Crippen MR) is 130 cm³/mol. The summed E-state index contributed by atoms with van der Waals surface area (Å²) < 4.78 is 41.9. The van der Waals surface area contributed by atoms with Crippen molar-refractivity contribution in [3.8, 4) is 0 Å². The number of carbonyl (C=O) groups excluding carboxylic acids is 1. The molecule has 12 heteroatoms. The van der Waals surface area contributed by atoms with Crippen LogP contribution in [0.1, 0.15) is 52.6 Å². The van der Waals surface area contributed by atoms with Gasteiger partial charge in [0.2, 0.25) is 10.0 Å². The molecule has 0 spiro atoms. The van der Waals surface area contributed by atoms with Gasteiger partial charge in [0.1, 0.15) is 11.6 Å². The Labute approximate surface area is 202 Å². The van der Waals surface area contributed by atoms with Gasteiger partial charge in [-0.05, 0) is 45.2 Å². The molecular formula is C22H26ClFN6O3S. The van der Waals surface area contributed by atoms with Crippen molar-refractivity contribution in [1.82, 2.24) is 19.5 Å². The topological polar surface area (TPSA) is 109 Å². The van der Waals surface area contributed by atoms with Crippen molar-refractivity contribution in [3.05, 3.63) is 51.6 Å². The van der Waals surface area contributed by atoms with Crippen LogP contribution in [-0.4, -0.2) is 53.7 Å². The summed E-state index contributed by atoms with van der Waals surface area (Å²) in [5.41, 5.74) is 2.85. The first-order valence-corrected chi connectivity index (χ1v) is 13.1. The number of aryl methyl sites for hydroxylation is 1. The first-order valence-electron chi connectivity index (χ1n) is 10.8. The summed E-state index contributed by atoms with van der Waals surface area (Å²) in [5, 5.41) is 7.70. The second kappa shape index (κ2) is 9.03. The number of fused-ring (bicyclic) bond motifs is 1. The molecule has 4 rings (SSSR count). The molecule has 1 atom stereocenters. The highest BCUT2D eigenvalue weighted by Crippen LogP contribution is 2.36. The quantitative estimate of drug-likeness (QED) is 0.540. The molecule has 3 heterocycles. The van der Waals surface area contributed by atoms with Gasteiger partial charge >= 0.3 is 0 Å². The monoisotopic (exact) mass is 508 g/mol. The van der Waals surface area contributed by atoms with E-state index >= 15 is 0 Å². The van der Waals surface area contributed by atoms with E-state index in [2.05, 4.69) is 15.0 Å². The maximum absolute atomic E-state index is 14.2. The summed E-state index contributed by atoms with van der Waals surface area (Å²) in [6.45, 7) is 4.28. The van der Waals surface area contributed by atoms with Gasteiger partial charge in [0.15, 0.2) is 5.65 Å². The lowest BCUT2D eigenvalue weighted by Gasteiger charge is -2.35. The molecule has 0 bridgehead atoms. The zero-order valence-corrected chi connectivity index (χ0v) is 20.9. The standard InChI is InChI=1S/C22H26ClFN6O3S/c1-12-13(2)26-19-11-17(27-30(19)21(12)25-3)18-7-5-6-8-29(18)22(31)15-9-14(24)10-16(23)20(15)28-34(4,32)33/h9-11,18,25,28H,5-8H2,1-4H3/t18-/m0/s1. The molecule has 0 radical (unpaired) electrons. The van der Waals surface area contributed by atoms with Crippen LogP contribution >= 0.6 is 11.6 Å². The Morgan fingerprint density at radius 3 is 2.65 bits per heavy atom. The smallest absolute Gasteiger partial charge is 0.256 e. The number of piperidine rings is 1. The molecule has 0 unspecified atom stereocenters. The predicted octanol–water partition coefficient (Wildman–Crippen LogP) is 3.92. The van der Waals surface area contributed by atoms with Crippen molar-refractivity contribution < 1.29 is 17.6 Å². The van der Waals surface area contributed by atoms with Crippen LogP contribution in [0.2, 0.25) is 5.02 Å². The van der Waals surface area contributed by atoms with Crippen LogP contribution in [-0.2, 0) is 10.0 Å². The Hall–Kier alpha value is -2.92. The highest BCUT2D eigenvalue weighted by atomic mass is 35.5. The average Bonchev–Trinajstić information content (AvgIpc) is 3.18. The number of nitrogens with zero attached hydrogens (tertiary/aromatic N) is 4. The SMILES string of the molecule is CNc1c(C)c(C)nc2cc([C@@H]3CCCCN3C(=O)c3cc(F)cc(Cl)c3NS(C)(=O)=O)nn12. The van der Waals surface area contributed by atoms with Crippen LogP contribution < -0.4 is 10.0 Å². The molecule has 1 aliphatic heterocycles. The van der Waals surface area contributed by atoms with E-state index in [1.165, 1.54) is 0 Å². The number of nitrogens with one attached hydrogen (secondary N) is 2. The zero-order chi connectivity index (χ0) is 24.8. The Morgan fingerprint density at radius 1 is 1.24 bits per heavy atom. The maximum Gasteiger partial charge on any atom is 0.256 e. The minimum atomic E-state index is -3.76. The molecule has 0 saturated carbocycles. The molecule has 1 amide bonds. The summed E-state index contributed by atoms with van der Waals surface area (Å²) in [7, 11) is -1.95. The molecule has 9 nitrogen and oxygen atoms in total. The fourth-order valence-corrected chi connectivity index (χ4v) is 5.24. The first kappa shape index (κ1) is 24.2. The number of halogens is 2. The summed E-state index contributed by atoms with van der Waals surface area (Å²) in [4.78, 5) is 19.9. The molecule has 1 aliphatic rings. The van der Waals surface area contributed by atoms with Gasteiger partial charge in [0, 0.05) is 30.9 Å². The van der Waals surface area contributed by atoms with Crippen LogP contribution in [0.3, 0.4) is 0 Å². The Bertz CT molecular complexity index is 1390. The molecule has 3 aromatic rings. The summed E-state index contributed by atoms with van der Waals surface area (Å²) in [6.07, 6.45) is 3.23. The van der Waals surface area contributed by atoms with E-state index in [0.29, 0.717) is 24.3 Å². The van der Waals surface area contributed by atoms with Crippen LogP contribution in [0.15, 0.2) is 18.2 Å². The van der Waals surface area contributed by atoms with Crippen LogP contribution in [0.4, 0.5) is 15.9 Å². The minimum Gasteiger partial charge on any atom is -0.373 e. The minimum absolute atomic E-state index is 0.139. The van der Waals surface area contributed by atoms with E-state index in [0.717, 1.165) is 48.3 Å². The van der Waals surface area contributed by atoms with Crippen molar-refractivity contribution in [3.63, 3.8) is 0 Å². The molecular weight excluding hydrogens is 483 g/mol. The molecule has 34 heavy (non-hydrogen) atoms. The highest BCUT2D eigenvalue weighted by molar-refractivity contribution is 7.92. The van der Waals surface area contributed by atoms with E-state index in [1.807, 2.05) is 27.0 Å². The molecule has 1 fully saturated rings. The molecule has 1 saturated heterocycles.